The van der Waals surface area contributed by atoms with Crippen LogP contribution in [0.4, 0.5) is 24.5 Å². The van der Waals surface area contributed by atoms with Gasteiger partial charge in [0.15, 0.2) is 5.78 Å². The smallest absolute Gasteiger partial charge is 0.406 e. The first-order chi connectivity index (χ1) is 18.4. The zero-order valence-corrected chi connectivity index (χ0v) is 23.4. The molecule has 0 radical (unpaired) electrons. The maximum atomic E-state index is 13.7. The average molecular weight is 552 g/mol. The molecule has 0 aromatic heterocycles. The van der Waals surface area contributed by atoms with Gasteiger partial charge < -0.3 is 20.2 Å². The zero-order valence-electron chi connectivity index (χ0n) is 23.4. The minimum Gasteiger partial charge on any atom is -0.406 e. The lowest BCUT2D eigenvalue weighted by Crippen LogP contribution is -2.56. The molecule has 39 heavy (non-hydrogen) atoms. The second-order valence-electron chi connectivity index (χ2n) is 13.2. The molecule has 0 bridgehead atoms. The summed E-state index contributed by atoms with van der Waals surface area (Å²) in [4.78, 5) is 13.7. The number of carbonyl (C=O) groups excluding carboxylic acids is 1. The van der Waals surface area contributed by atoms with Crippen molar-refractivity contribution in [1.29, 1.82) is 0 Å². The van der Waals surface area contributed by atoms with Gasteiger partial charge in [-0.2, -0.15) is 0 Å². The van der Waals surface area contributed by atoms with Gasteiger partial charge in [0.2, 0.25) is 0 Å². The van der Waals surface area contributed by atoms with E-state index in [9.17, 15) is 18.0 Å². The number of methoxy groups -OCH3 is 1. The van der Waals surface area contributed by atoms with Crippen LogP contribution in [0.5, 0.6) is 5.75 Å². The number of benzene rings is 1. The Bertz CT molecular complexity index is 1070. The number of ether oxygens (including phenoxy) is 2. The van der Waals surface area contributed by atoms with Crippen LogP contribution in [0.3, 0.4) is 0 Å². The molecule has 0 amide bonds. The topological polar surface area (TPSA) is 90.8 Å². The number of rotatable bonds is 7. The Balaban J connectivity index is 1.31. The molecule has 6 nitrogen and oxygen atoms in total. The monoisotopic (exact) mass is 551 g/mol. The number of hydrogen-bond donors (Lipinski definition) is 2. The number of fused-ring (bicyclic) bond motifs is 5. The molecule has 0 spiro atoms. The normalized spacial score (nSPS) is 37.9. The second kappa shape index (κ2) is 10.4. The highest BCUT2D eigenvalue weighted by Gasteiger charge is 2.62. The van der Waals surface area contributed by atoms with E-state index in [-0.39, 0.29) is 40.5 Å². The number of Topliss-reactive ketones (excluding diaryl/α,β-unsaturated/α-hetero) is 1. The summed E-state index contributed by atoms with van der Waals surface area (Å²) in [7, 11) is 1.85. The Hall–Kier alpha value is -2.00. The van der Waals surface area contributed by atoms with Gasteiger partial charge in [-0.3, -0.25) is 4.79 Å². The fourth-order valence-electron chi connectivity index (χ4n) is 9.68. The van der Waals surface area contributed by atoms with Crippen LogP contribution in [-0.2, 0) is 9.53 Å². The van der Waals surface area contributed by atoms with Crippen molar-refractivity contribution in [2.75, 3.05) is 31.0 Å². The van der Waals surface area contributed by atoms with E-state index in [2.05, 4.69) is 18.6 Å². The lowest BCUT2D eigenvalue weighted by atomic mass is 9.44. The van der Waals surface area contributed by atoms with Crippen LogP contribution in [0.15, 0.2) is 18.2 Å². The van der Waals surface area contributed by atoms with Gasteiger partial charge in [0.1, 0.15) is 5.75 Å². The molecule has 5 rings (SSSR count). The first kappa shape index (κ1) is 28.5. The van der Waals surface area contributed by atoms with Crippen molar-refractivity contribution in [3.63, 3.8) is 0 Å². The van der Waals surface area contributed by atoms with Crippen molar-refractivity contribution in [2.24, 2.45) is 52.2 Å². The minimum atomic E-state index is -4.83. The quantitative estimate of drug-likeness (QED) is 0.234. The summed E-state index contributed by atoms with van der Waals surface area (Å²) in [6, 6.07) is 3.59. The van der Waals surface area contributed by atoms with E-state index < -0.39 is 12.1 Å². The van der Waals surface area contributed by atoms with Crippen molar-refractivity contribution in [3.8, 4) is 5.75 Å². The molecule has 5 unspecified atom stereocenters. The summed E-state index contributed by atoms with van der Waals surface area (Å²) in [5.74, 6) is 9.02. The minimum absolute atomic E-state index is 0.0364. The number of hydrazine groups is 1. The number of hydrogen-bond acceptors (Lipinski definition) is 6. The number of halogens is 3. The maximum Gasteiger partial charge on any atom is 0.573 e. The van der Waals surface area contributed by atoms with Gasteiger partial charge in [-0.1, -0.05) is 20.3 Å². The Morgan fingerprint density at radius 2 is 1.87 bits per heavy atom. The Morgan fingerprint density at radius 3 is 2.59 bits per heavy atom. The van der Waals surface area contributed by atoms with Crippen molar-refractivity contribution < 1.29 is 27.4 Å². The Kier molecular flexibility index (Phi) is 7.63. The third-order valence-electron chi connectivity index (χ3n) is 11.3. The SMILES string of the molecule is COCC12CC[C@H](C)CC1CCC1C2CC[C@@]2(C)C1CC[C@@H]2C(=O)CN(N)c1cc(OC(F)(F)F)ccc1N. The molecule has 4 aliphatic rings. The molecule has 0 aliphatic heterocycles. The molecule has 8 atom stereocenters. The van der Waals surface area contributed by atoms with Crippen molar-refractivity contribution in [2.45, 2.75) is 78.0 Å². The van der Waals surface area contributed by atoms with Crippen LogP contribution in [0.1, 0.15) is 71.6 Å². The first-order valence-corrected chi connectivity index (χ1v) is 14.6. The van der Waals surface area contributed by atoms with E-state index in [1.165, 1.54) is 43.2 Å². The van der Waals surface area contributed by atoms with E-state index in [0.717, 1.165) is 56.3 Å². The lowest BCUT2D eigenvalue weighted by Gasteiger charge is -2.62. The van der Waals surface area contributed by atoms with Crippen molar-refractivity contribution in [1.82, 2.24) is 0 Å². The highest BCUT2D eigenvalue weighted by Crippen LogP contribution is 2.68. The molecule has 4 N–H and O–H groups in total. The van der Waals surface area contributed by atoms with Crippen LogP contribution in [0.25, 0.3) is 0 Å². The van der Waals surface area contributed by atoms with E-state index >= 15 is 0 Å². The third kappa shape index (κ3) is 5.14. The molecule has 4 saturated carbocycles. The Labute approximate surface area is 229 Å². The van der Waals surface area contributed by atoms with Gasteiger partial charge >= 0.3 is 6.36 Å². The summed E-state index contributed by atoms with van der Waals surface area (Å²) < 4.78 is 48.1. The molecule has 0 heterocycles. The highest BCUT2D eigenvalue weighted by atomic mass is 19.4. The third-order valence-corrected chi connectivity index (χ3v) is 11.3. The van der Waals surface area contributed by atoms with Gasteiger partial charge in [-0.15, -0.1) is 13.2 Å². The molecule has 4 aliphatic carbocycles. The van der Waals surface area contributed by atoms with Crippen LogP contribution in [-0.4, -0.2) is 32.4 Å². The molecule has 1 aromatic rings. The average Bonchev–Trinajstić information content (AvgIpc) is 3.22. The molecule has 9 heteroatoms. The molecular formula is C30H44F3N3O3. The number of nitrogens with zero attached hydrogens (tertiary/aromatic N) is 1. The number of nitrogens with two attached hydrogens (primary N) is 2. The van der Waals surface area contributed by atoms with Gasteiger partial charge in [0.05, 0.1) is 24.5 Å². The van der Waals surface area contributed by atoms with Gasteiger partial charge in [-0.05, 0) is 104 Å². The summed E-state index contributed by atoms with van der Waals surface area (Å²) in [6.07, 6.45) is 5.52. The van der Waals surface area contributed by atoms with Gasteiger partial charge in [0, 0.05) is 19.1 Å². The van der Waals surface area contributed by atoms with E-state index in [1.54, 1.807) is 0 Å². The predicted octanol–water partition coefficient (Wildman–Crippen LogP) is 6.34. The van der Waals surface area contributed by atoms with Crippen molar-refractivity contribution in [3.05, 3.63) is 18.2 Å². The van der Waals surface area contributed by atoms with Crippen LogP contribution >= 0.6 is 0 Å². The predicted molar refractivity (Wildman–Crippen MR) is 145 cm³/mol. The molecule has 4 fully saturated rings. The fraction of sp³-hybridized carbons (Fsp3) is 0.767. The second-order valence-corrected chi connectivity index (χ2v) is 13.2. The fourth-order valence-corrected chi connectivity index (χ4v) is 9.68. The molecule has 218 valence electrons. The van der Waals surface area contributed by atoms with Gasteiger partial charge in [-0.25, -0.2) is 5.84 Å². The highest BCUT2D eigenvalue weighted by molar-refractivity contribution is 5.87. The molecule has 0 saturated heterocycles. The summed E-state index contributed by atoms with van der Waals surface area (Å²) >= 11 is 0. The molecular weight excluding hydrogens is 507 g/mol. The van der Waals surface area contributed by atoms with Gasteiger partial charge in [0.25, 0.3) is 0 Å². The van der Waals surface area contributed by atoms with E-state index in [4.69, 9.17) is 16.3 Å². The van der Waals surface area contributed by atoms with Crippen molar-refractivity contribution >= 4 is 17.2 Å². The number of carbonyl (C=O) groups is 1. The Morgan fingerprint density at radius 1 is 1.10 bits per heavy atom. The number of ketones is 1. The maximum absolute atomic E-state index is 13.7. The zero-order chi connectivity index (χ0) is 28.2. The van der Waals surface area contributed by atoms with E-state index in [0.29, 0.717) is 17.8 Å². The lowest BCUT2D eigenvalue weighted by molar-refractivity contribution is -0.274. The summed E-state index contributed by atoms with van der Waals surface area (Å²) in [6.45, 7) is 5.43. The van der Waals surface area contributed by atoms with Crippen LogP contribution in [0.2, 0.25) is 0 Å². The standard InChI is InChI=1S/C30H44F3N3O3/c1-18-10-13-29(17-38-3)19(14-18)4-6-21-22-7-8-24(28(22,2)12-11-23(21)29)27(37)16-36(35)26-15-20(5-9-25(26)34)39-30(31,32)33/h5,9,15,18-19,21-24H,4,6-8,10-14,16-17,34-35H2,1-3H3/t18-,19?,21?,22?,23?,24+,28-,29?/m0/s1. The largest absolute Gasteiger partial charge is 0.573 e. The number of anilines is 2. The summed E-state index contributed by atoms with van der Waals surface area (Å²) in [5.41, 5.74) is 6.53. The number of nitrogen functional groups attached to an aromatic ring is 1. The number of alkyl halides is 3. The van der Waals surface area contributed by atoms with Crippen LogP contribution < -0.4 is 21.3 Å². The summed E-state index contributed by atoms with van der Waals surface area (Å²) in [5, 5.41) is 1.17. The first-order valence-electron chi connectivity index (χ1n) is 14.6. The molecule has 1 aromatic carbocycles. The van der Waals surface area contributed by atoms with Crippen LogP contribution in [0, 0.1) is 46.3 Å². The van der Waals surface area contributed by atoms with E-state index in [1.807, 2.05) is 7.11 Å².